The van der Waals surface area contributed by atoms with Crippen LogP contribution in [0.5, 0.6) is 0 Å². The molecule has 0 unspecified atom stereocenters. The van der Waals surface area contributed by atoms with Gasteiger partial charge >= 0.3 is 0 Å². The number of likely N-dealkylation sites (N-methyl/N-ethyl adjacent to an activating group) is 1. The van der Waals surface area contributed by atoms with Crippen molar-refractivity contribution < 1.29 is 8.42 Å². The maximum absolute atomic E-state index is 13.5. The molecule has 0 aliphatic heterocycles. The van der Waals surface area contributed by atoms with Gasteiger partial charge in [-0.05, 0) is 62.1 Å². The second kappa shape index (κ2) is 9.67. The van der Waals surface area contributed by atoms with Gasteiger partial charge in [-0.2, -0.15) is 5.26 Å². The largest absolute Gasteiger partial charge is 0.331 e. The molecule has 0 fully saturated rings. The predicted octanol–water partition coefficient (Wildman–Crippen LogP) is 3.79. The number of rotatable bonds is 8. The number of aryl methyl sites for hydroxylation is 1. The van der Waals surface area contributed by atoms with Crippen molar-refractivity contribution in [3.63, 3.8) is 0 Å². The van der Waals surface area contributed by atoms with Crippen LogP contribution in [0.3, 0.4) is 0 Å². The zero-order valence-electron chi connectivity index (χ0n) is 19.5. The number of imidazole rings is 1. The molecule has 0 aliphatic carbocycles. The highest BCUT2D eigenvalue weighted by atomic mass is 32.2. The average molecular weight is 474 g/mol. The van der Waals surface area contributed by atoms with Crippen LogP contribution in [0.4, 0.5) is 5.69 Å². The van der Waals surface area contributed by atoms with Crippen LogP contribution >= 0.6 is 0 Å². The molecule has 0 amide bonds. The minimum atomic E-state index is -3.73. The Morgan fingerprint density at radius 2 is 1.68 bits per heavy atom. The third kappa shape index (κ3) is 4.81. The Morgan fingerprint density at radius 1 is 0.971 bits per heavy atom. The summed E-state index contributed by atoms with van der Waals surface area (Å²) in [5, 5.41) is 9.01. The van der Waals surface area contributed by atoms with Crippen LogP contribution in [-0.2, 0) is 23.5 Å². The number of nitrogens with zero attached hydrogens (tertiary/aromatic N) is 5. The van der Waals surface area contributed by atoms with Gasteiger partial charge in [-0.15, -0.1) is 0 Å². The van der Waals surface area contributed by atoms with E-state index in [4.69, 9.17) is 10.2 Å². The number of aromatic nitrogens is 2. The van der Waals surface area contributed by atoms with E-state index in [0.717, 1.165) is 22.4 Å². The van der Waals surface area contributed by atoms with Crippen molar-refractivity contribution in [2.75, 3.05) is 31.5 Å². The summed E-state index contributed by atoms with van der Waals surface area (Å²) in [4.78, 5) is 7.03. The SMILES string of the molecule is CN(C)CCN(c1ccc2c(c1)nc(Cc1ccc(C#N)cc1)n2C)S(=O)(=O)c1ccccc1. The number of nitriles is 1. The summed E-state index contributed by atoms with van der Waals surface area (Å²) in [5.74, 6) is 0.864. The highest BCUT2D eigenvalue weighted by Gasteiger charge is 2.25. The van der Waals surface area contributed by atoms with Crippen molar-refractivity contribution in [2.24, 2.45) is 7.05 Å². The zero-order chi connectivity index (χ0) is 24.3. The molecule has 8 heteroatoms. The fraction of sp³-hybridized carbons (Fsp3) is 0.231. The van der Waals surface area contributed by atoms with E-state index in [1.807, 2.05) is 60.9 Å². The first-order valence-corrected chi connectivity index (χ1v) is 12.4. The summed E-state index contributed by atoms with van der Waals surface area (Å²) in [7, 11) is 2.07. The smallest absolute Gasteiger partial charge is 0.264 e. The fourth-order valence-electron chi connectivity index (χ4n) is 3.83. The molecule has 0 saturated carbocycles. The lowest BCUT2D eigenvalue weighted by molar-refractivity contribution is 0.419. The van der Waals surface area contributed by atoms with E-state index in [-0.39, 0.29) is 4.90 Å². The topological polar surface area (TPSA) is 82.2 Å². The average Bonchev–Trinajstić information content (AvgIpc) is 3.14. The van der Waals surface area contributed by atoms with Gasteiger partial charge in [0.1, 0.15) is 5.82 Å². The Balaban J connectivity index is 1.71. The molecule has 0 spiro atoms. The van der Waals surface area contributed by atoms with Crippen molar-refractivity contribution in [3.8, 4) is 6.07 Å². The normalized spacial score (nSPS) is 11.6. The lowest BCUT2D eigenvalue weighted by Gasteiger charge is -2.26. The monoisotopic (exact) mass is 473 g/mol. The zero-order valence-corrected chi connectivity index (χ0v) is 20.3. The van der Waals surface area contributed by atoms with Gasteiger partial charge < -0.3 is 9.47 Å². The van der Waals surface area contributed by atoms with Crippen LogP contribution in [0.15, 0.2) is 77.7 Å². The van der Waals surface area contributed by atoms with E-state index < -0.39 is 10.0 Å². The summed E-state index contributed by atoms with van der Waals surface area (Å²) in [5.41, 5.74) is 3.92. The van der Waals surface area contributed by atoms with Crippen molar-refractivity contribution >= 4 is 26.7 Å². The minimum absolute atomic E-state index is 0.261. The first-order valence-electron chi connectivity index (χ1n) is 11.0. The third-order valence-corrected chi connectivity index (χ3v) is 7.61. The highest BCUT2D eigenvalue weighted by Crippen LogP contribution is 2.28. The van der Waals surface area contributed by atoms with E-state index in [1.165, 1.54) is 4.31 Å². The van der Waals surface area contributed by atoms with Crippen molar-refractivity contribution in [1.29, 1.82) is 5.26 Å². The first kappa shape index (κ1) is 23.5. The molecule has 34 heavy (non-hydrogen) atoms. The molecule has 1 aromatic heterocycles. The minimum Gasteiger partial charge on any atom is -0.331 e. The second-order valence-corrected chi connectivity index (χ2v) is 10.3. The number of anilines is 1. The molecule has 7 nitrogen and oxygen atoms in total. The number of fused-ring (bicyclic) bond motifs is 1. The van der Waals surface area contributed by atoms with Gasteiger partial charge in [0.25, 0.3) is 10.0 Å². The maximum Gasteiger partial charge on any atom is 0.264 e. The van der Waals surface area contributed by atoms with Gasteiger partial charge in [0, 0.05) is 26.6 Å². The molecule has 0 aliphatic rings. The Labute approximate surface area is 200 Å². The molecule has 3 aromatic carbocycles. The molecule has 4 rings (SSSR count). The number of benzene rings is 3. The second-order valence-electron chi connectivity index (χ2n) is 8.44. The van der Waals surface area contributed by atoms with Crippen LogP contribution in [0.2, 0.25) is 0 Å². The van der Waals surface area contributed by atoms with Crippen LogP contribution < -0.4 is 4.31 Å². The van der Waals surface area contributed by atoms with Crippen molar-refractivity contribution in [2.45, 2.75) is 11.3 Å². The van der Waals surface area contributed by atoms with Crippen LogP contribution in [0.1, 0.15) is 17.0 Å². The van der Waals surface area contributed by atoms with Gasteiger partial charge in [0.15, 0.2) is 0 Å². The molecular formula is C26H27N5O2S. The van der Waals surface area contributed by atoms with Gasteiger partial charge in [-0.3, -0.25) is 4.31 Å². The third-order valence-electron chi connectivity index (χ3n) is 5.77. The number of hydrogen-bond acceptors (Lipinski definition) is 5. The Hall–Kier alpha value is -3.67. The van der Waals surface area contributed by atoms with Crippen LogP contribution in [-0.4, -0.2) is 50.1 Å². The number of sulfonamides is 1. The lowest BCUT2D eigenvalue weighted by Crippen LogP contribution is -2.36. The Morgan fingerprint density at radius 3 is 2.32 bits per heavy atom. The summed E-state index contributed by atoms with van der Waals surface area (Å²) >= 11 is 0. The predicted molar refractivity (Wildman–Crippen MR) is 134 cm³/mol. The van der Waals surface area contributed by atoms with E-state index >= 15 is 0 Å². The van der Waals surface area contributed by atoms with Crippen molar-refractivity contribution in [1.82, 2.24) is 14.5 Å². The summed E-state index contributed by atoms with van der Waals surface area (Å²) in [6, 6.07) is 23.7. The molecule has 0 radical (unpaired) electrons. The lowest BCUT2D eigenvalue weighted by atomic mass is 10.1. The quantitative estimate of drug-likeness (QED) is 0.389. The van der Waals surface area contributed by atoms with E-state index in [1.54, 1.807) is 42.5 Å². The Kier molecular flexibility index (Phi) is 6.68. The molecule has 0 bridgehead atoms. The number of hydrogen-bond donors (Lipinski definition) is 0. The molecule has 4 aromatic rings. The molecule has 0 N–H and O–H groups in total. The standard InChI is InChI=1S/C26H27N5O2S/c1-29(2)15-16-31(34(32,33)23-7-5-4-6-8-23)22-13-14-25-24(18-22)28-26(30(25)3)17-20-9-11-21(19-27)12-10-20/h4-14,18H,15-17H2,1-3H3. The molecule has 0 saturated heterocycles. The molecule has 0 atom stereocenters. The van der Waals surface area contributed by atoms with Gasteiger partial charge in [-0.1, -0.05) is 30.3 Å². The van der Waals surface area contributed by atoms with Gasteiger partial charge in [0.05, 0.1) is 33.2 Å². The molecule has 1 heterocycles. The summed E-state index contributed by atoms with van der Waals surface area (Å²) in [6.07, 6.45) is 0.610. The van der Waals surface area contributed by atoms with Crippen molar-refractivity contribution in [3.05, 3.63) is 89.7 Å². The van der Waals surface area contributed by atoms with Gasteiger partial charge in [0.2, 0.25) is 0 Å². The van der Waals surface area contributed by atoms with E-state index in [0.29, 0.717) is 30.8 Å². The van der Waals surface area contributed by atoms with Gasteiger partial charge in [-0.25, -0.2) is 13.4 Å². The van der Waals surface area contributed by atoms with Crippen LogP contribution in [0, 0.1) is 11.3 Å². The first-order chi connectivity index (χ1) is 16.3. The highest BCUT2D eigenvalue weighted by molar-refractivity contribution is 7.92. The molecular weight excluding hydrogens is 446 g/mol. The van der Waals surface area contributed by atoms with E-state index in [2.05, 4.69) is 6.07 Å². The summed E-state index contributed by atoms with van der Waals surface area (Å²) in [6.45, 7) is 0.900. The Bertz CT molecular complexity index is 1440. The summed E-state index contributed by atoms with van der Waals surface area (Å²) < 4.78 is 30.5. The van der Waals surface area contributed by atoms with Crippen LogP contribution in [0.25, 0.3) is 11.0 Å². The maximum atomic E-state index is 13.5. The van der Waals surface area contributed by atoms with E-state index in [9.17, 15) is 8.42 Å². The fourth-order valence-corrected chi connectivity index (χ4v) is 5.30. The molecule has 174 valence electrons.